The highest BCUT2D eigenvalue weighted by molar-refractivity contribution is 5.90. The minimum Gasteiger partial charge on any atom is -0.492 e. The van der Waals surface area contributed by atoms with Gasteiger partial charge in [-0.05, 0) is 43.4 Å². The number of nitrogens with two attached hydrogens (primary N) is 1. The maximum atomic E-state index is 6.12. The molecular weight excluding hydrogens is 324 g/mol. The molecular formula is C21H26N4O. The molecule has 0 unspecified atom stereocenters. The number of fused-ring (bicyclic) bond motifs is 1. The lowest BCUT2D eigenvalue weighted by atomic mass is 10.1. The summed E-state index contributed by atoms with van der Waals surface area (Å²) in [5.74, 6) is 0.831. The number of aromatic nitrogens is 2. The van der Waals surface area contributed by atoms with E-state index in [0.717, 1.165) is 53.2 Å². The Morgan fingerprint density at radius 3 is 2.73 bits per heavy atom. The summed E-state index contributed by atoms with van der Waals surface area (Å²) >= 11 is 0. The number of aromatic amines is 1. The van der Waals surface area contributed by atoms with Crippen LogP contribution < -0.4 is 10.5 Å². The predicted molar refractivity (Wildman–Crippen MR) is 109 cm³/mol. The van der Waals surface area contributed by atoms with Gasteiger partial charge in [-0.3, -0.25) is 5.10 Å². The first kappa shape index (κ1) is 18.0. The lowest BCUT2D eigenvalue weighted by molar-refractivity contribution is 0.223. The van der Waals surface area contributed by atoms with E-state index in [-0.39, 0.29) is 0 Å². The van der Waals surface area contributed by atoms with E-state index in [9.17, 15) is 0 Å². The van der Waals surface area contributed by atoms with Gasteiger partial charge in [0.15, 0.2) is 0 Å². The smallest absolute Gasteiger partial charge is 0.120 e. The van der Waals surface area contributed by atoms with Crippen LogP contribution in [0.2, 0.25) is 0 Å². The second kappa shape index (κ2) is 8.54. The van der Waals surface area contributed by atoms with Crippen LogP contribution in [0.25, 0.3) is 23.1 Å². The van der Waals surface area contributed by atoms with Gasteiger partial charge in [-0.1, -0.05) is 38.1 Å². The minimum atomic E-state index is 0.665. The molecule has 0 aliphatic carbocycles. The van der Waals surface area contributed by atoms with Crippen molar-refractivity contribution in [3.8, 4) is 5.75 Å². The van der Waals surface area contributed by atoms with Crippen molar-refractivity contribution < 1.29 is 4.74 Å². The van der Waals surface area contributed by atoms with Gasteiger partial charge < -0.3 is 15.4 Å². The van der Waals surface area contributed by atoms with Crippen LogP contribution in [0.4, 0.5) is 5.69 Å². The fraction of sp³-hybridized carbons (Fsp3) is 0.286. The summed E-state index contributed by atoms with van der Waals surface area (Å²) in [4.78, 5) is 2.33. The van der Waals surface area contributed by atoms with Crippen LogP contribution in [0, 0.1) is 0 Å². The Labute approximate surface area is 154 Å². The van der Waals surface area contributed by atoms with E-state index < -0.39 is 0 Å². The predicted octanol–water partition coefficient (Wildman–Crippen LogP) is 4.04. The van der Waals surface area contributed by atoms with Gasteiger partial charge in [0.05, 0.1) is 11.2 Å². The first-order chi connectivity index (χ1) is 12.7. The molecule has 3 rings (SSSR count). The fourth-order valence-electron chi connectivity index (χ4n) is 2.90. The lowest BCUT2D eigenvalue weighted by Crippen LogP contribution is -2.27. The topological polar surface area (TPSA) is 67.2 Å². The zero-order valence-electron chi connectivity index (χ0n) is 15.4. The van der Waals surface area contributed by atoms with Crippen LogP contribution in [0.3, 0.4) is 0 Å². The number of nitrogens with zero attached hydrogens (tertiary/aromatic N) is 2. The summed E-state index contributed by atoms with van der Waals surface area (Å²) in [6, 6.07) is 13.8. The molecule has 0 saturated carbocycles. The highest BCUT2D eigenvalue weighted by atomic mass is 16.5. The van der Waals surface area contributed by atoms with Crippen molar-refractivity contribution in [3.63, 3.8) is 0 Å². The van der Waals surface area contributed by atoms with Gasteiger partial charge in [-0.2, -0.15) is 5.10 Å². The summed E-state index contributed by atoms with van der Waals surface area (Å²) in [7, 11) is 0. The van der Waals surface area contributed by atoms with Crippen LogP contribution in [0.5, 0.6) is 5.75 Å². The maximum absolute atomic E-state index is 6.12. The Balaban J connectivity index is 1.71. The number of likely N-dealkylation sites (N-methyl/N-ethyl adjacent to an activating group) is 1. The molecule has 136 valence electrons. The molecule has 5 nitrogen and oxygen atoms in total. The minimum absolute atomic E-state index is 0.665. The van der Waals surface area contributed by atoms with Gasteiger partial charge in [0.2, 0.25) is 0 Å². The molecule has 0 radical (unpaired) electrons. The van der Waals surface area contributed by atoms with Gasteiger partial charge in [-0.15, -0.1) is 0 Å². The number of H-pyrrole nitrogens is 1. The van der Waals surface area contributed by atoms with E-state index in [4.69, 9.17) is 10.5 Å². The second-order valence-electron chi connectivity index (χ2n) is 6.15. The molecule has 1 aromatic heterocycles. The van der Waals surface area contributed by atoms with Gasteiger partial charge in [-0.25, -0.2) is 0 Å². The molecule has 1 heterocycles. The van der Waals surface area contributed by atoms with Crippen molar-refractivity contribution in [1.29, 1.82) is 0 Å². The van der Waals surface area contributed by atoms with Crippen molar-refractivity contribution in [3.05, 3.63) is 53.7 Å². The zero-order valence-corrected chi connectivity index (χ0v) is 15.4. The number of hydrogen-bond acceptors (Lipinski definition) is 4. The molecule has 0 fully saturated rings. The number of nitrogens with one attached hydrogen (secondary N) is 1. The Bertz CT molecular complexity index is 881. The average Bonchev–Trinajstić information content (AvgIpc) is 3.08. The summed E-state index contributed by atoms with van der Waals surface area (Å²) in [6.07, 6.45) is 3.96. The summed E-state index contributed by atoms with van der Waals surface area (Å²) in [5, 5.41) is 8.49. The average molecular weight is 350 g/mol. The Hall–Kier alpha value is -2.79. The summed E-state index contributed by atoms with van der Waals surface area (Å²) in [5.41, 5.74) is 9.68. The third-order valence-electron chi connectivity index (χ3n) is 4.55. The van der Waals surface area contributed by atoms with Crippen molar-refractivity contribution >= 4 is 28.7 Å². The zero-order chi connectivity index (χ0) is 18.4. The highest BCUT2D eigenvalue weighted by Gasteiger charge is 2.04. The van der Waals surface area contributed by atoms with Gasteiger partial charge in [0, 0.05) is 23.2 Å². The second-order valence-corrected chi connectivity index (χ2v) is 6.15. The normalized spacial score (nSPS) is 11.7. The molecule has 5 heteroatoms. The molecule has 0 atom stereocenters. The molecule has 0 aliphatic rings. The van der Waals surface area contributed by atoms with Crippen molar-refractivity contribution in [2.24, 2.45) is 0 Å². The third-order valence-corrected chi connectivity index (χ3v) is 4.55. The quantitative estimate of drug-likeness (QED) is 0.602. The van der Waals surface area contributed by atoms with E-state index in [1.807, 2.05) is 48.6 Å². The van der Waals surface area contributed by atoms with E-state index in [1.54, 1.807) is 0 Å². The van der Waals surface area contributed by atoms with Crippen LogP contribution in [0.15, 0.2) is 42.5 Å². The highest BCUT2D eigenvalue weighted by Crippen LogP contribution is 2.23. The van der Waals surface area contributed by atoms with E-state index in [1.165, 1.54) is 0 Å². The number of rotatable bonds is 8. The van der Waals surface area contributed by atoms with Crippen molar-refractivity contribution in [2.75, 3.05) is 32.0 Å². The number of para-hydroxylation sites is 1. The summed E-state index contributed by atoms with van der Waals surface area (Å²) < 4.78 is 5.89. The molecule has 0 saturated heterocycles. The maximum Gasteiger partial charge on any atom is 0.120 e. The van der Waals surface area contributed by atoms with Crippen molar-refractivity contribution in [1.82, 2.24) is 15.1 Å². The molecule has 0 amide bonds. The van der Waals surface area contributed by atoms with E-state index in [0.29, 0.717) is 6.61 Å². The van der Waals surface area contributed by atoms with E-state index >= 15 is 0 Å². The Kier molecular flexibility index (Phi) is 5.92. The Morgan fingerprint density at radius 1 is 1.12 bits per heavy atom. The van der Waals surface area contributed by atoms with Crippen molar-refractivity contribution in [2.45, 2.75) is 13.8 Å². The summed E-state index contributed by atoms with van der Waals surface area (Å²) in [6.45, 7) is 7.98. The van der Waals surface area contributed by atoms with Gasteiger partial charge in [0.25, 0.3) is 0 Å². The number of ether oxygens (including phenoxy) is 1. The fourth-order valence-corrected chi connectivity index (χ4v) is 2.90. The van der Waals surface area contributed by atoms with Gasteiger partial charge >= 0.3 is 0 Å². The van der Waals surface area contributed by atoms with Gasteiger partial charge in [0.1, 0.15) is 12.4 Å². The van der Waals surface area contributed by atoms with Crippen LogP contribution in [-0.2, 0) is 0 Å². The number of hydrogen-bond donors (Lipinski definition) is 2. The first-order valence-corrected chi connectivity index (χ1v) is 9.07. The third kappa shape index (κ3) is 4.24. The number of benzene rings is 2. The molecule has 0 spiro atoms. The molecule has 3 N–H and O–H groups in total. The molecule has 0 bridgehead atoms. The Morgan fingerprint density at radius 2 is 1.92 bits per heavy atom. The molecule has 2 aromatic carbocycles. The lowest BCUT2D eigenvalue weighted by Gasteiger charge is -2.18. The SMILES string of the molecule is CCN(CC)CCOc1ccc(N)c(C=Cc2n[nH]c3ccccc23)c1. The first-order valence-electron chi connectivity index (χ1n) is 9.07. The van der Waals surface area contributed by atoms with E-state index in [2.05, 4.69) is 35.0 Å². The largest absolute Gasteiger partial charge is 0.492 e. The molecule has 3 aromatic rings. The van der Waals surface area contributed by atoms with Crippen LogP contribution in [0.1, 0.15) is 25.1 Å². The molecule has 26 heavy (non-hydrogen) atoms. The van der Waals surface area contributed by atoms with Crippen LogP contribution >= 0.6 is 0 Å². The molecule has 0 aliphatic heterocycles. The number of anilines is 1. The monoisotopic (exact) mass is 350 g/mol. The standard InChI is InChI=1S/C21H26N4O/c1-3-25(4-2)13-14-26-17-10-11-19(22)16(15-17)9-12-21-18-7-5-6-8-20(18)23-24-21/h5-12,15H,3-4,13-14,22H2,1-2H3,(H,23,24). The van der Waals surface area contributed by atoms with Crippen LogP contribution in [-0.4, -0.2) is 41.3 Å². The number of nitrogen functional groups attached to an aromatic ring is 1.